The lowest BCUT2D eigenvalue weighted by atomic mass is 10.1. The van der Waals surface area contributed by atoms with Crippen LogP contribution in [0.2, 0.25) is 0 Å². The fourth-order valence-corrected chi connectivity index (χ4v) is 2.71. The summed E-state index contributed by atoms with van der Waals surface area (Å²) in [6.45, 7) is 2.89. The first-order valence-electron chi connectivity index (χ1n) is 8.75. The predicted octanol–water partition coefficient (Wildman–Crippen LogP) is 3.34. The molecule has 30 heavy (non-hydrogen) atoms. The normalized spacial score (nSPS) is 11.4. The Labute approximate surface area is 170 Å². The third kappa shape index (κ3) is 4.05. The Kier molecular flexibility index (Phi) is 5.64. The molecular formula is C20H16N4O6. The van der Waals surface area contributed by atoms with E-state index < -0.39 is 22.9 Å². The molecule has 0 radical (unpaired) electrons. The molecule has 2 heterocycles. The molecule has 10 nitrogen and oxygen atoms in total. The number of nitro groups is 1. The Bertz CT molecular complexity index is 1140. The van der Waals surface area contributed by atoms with Gasteiger partial charge in [-0.3, -0.25) is 19.5 Å². The number of nitrogens with one attached hydrogen (secondary N) is 1. The summed E-state index contributed by atoms with van der Waals surface area (Å²) in [6.07, 6.45) is 2.13. The number of amides is 1. The van der Waals surface area contributed by atoms with Crippen molar-refractivity contribution in [1.29, 1.82) is 5.26 Å². The summed E-state index contributed by atoms with van der Waals surface area (Å²) >= 11 is 0. The van der Waals surface area contributed by atoms with Crippen molar-refractivity contribution in [1.82, 2.24) is 4.57 Å². The van der Waals surface area contributed by atoms with Crippen molar-refractivity contribution in [2.75, 3.05) is 5.32 Å². The molecule has 1 amide bonds. The van der Waals surface area contributed by atoms with E-state index in [0.29, 0.717) is 5.69 Å². The van der Waals surface area contributed by atoms with Gasteiger partial charge in [-0.2, -0.15) is 5.26 Å². The molecule has 2 aromatic heterocycles. The molecule has 0 saturated carbocycles. The van der Waals surface area contributed by atoms with Crippen LogP contribution in [0.5, 0.6) is 0 Å². The summed E-state index contributed by atoms with van der Waals surface area (Å²) in [5, 5.41) is 22.7. The number of ether oxygens (including phenoxy) is 1. The monoisotopic (exact) mass is 408 g/mol. The largest absolute Gasteiger partial charge is 0.449 e. The Hall–Kier alpha value is -4.39. The molecule has 1 N–H and O–H groups in total. The molecule has 152 valence electrons. The highest BCUT2D eigenvalue weighted by molar-refractivity contribution is 5.99. The summed E-state index contributed by atoms with van der Waals surface area (Å²) in [4.78, 5) is 35.1. The van der Waals surface area contributed by atoms with Crippen molar-refractivity contribution < 1.29 is 23.7 Å². The summed E-state index contributed by atoms with van der Waals surface area (Å²) in [7, 11) is 0. The van der Waals surface area contributed by atoms with Gasteiger partial charge in [0.15, 0.2) is 6.10 Å². The van der Waals surface area contributed by atoms with Gasteiger partial charge >= 0.3 is 5.97 Å². The molecule has 0 spiro atoms. The topological polar surface area (TPSA) is 140 Å². The Balaban J connectivity index is 1.73. The molecule has 0 saturated heterocycles. The van der Waals surface area contributed by atoms with Crippen molar-refractivity contribution in [3.05, 3.63) is 75.8 Å². The number of aromatic nitrogens is 1. The van der Waals surface area contributed by atoms with Gasteiger partial charge in [0.05, 0.1) is 4.92 Å². The summed E-state index contributed by atoms with van der Waals surface area (Å²) in [5.41, 5.74) is 0.124. The molecule has 0 bridgehead atoms. The highest BCUT2D eigenvalue weighted by Gasteiger charge is 2.28. The maximum Gasteiger partial charge on any atom is 0.343 e. The molecule has 1 unspecified atom stereocenters. The van der Waals surface area contributed by atoms with E-state index in [1.165, 1.54) is 38.1 Å². The van der Waals surface area contributed by atoms with Crippen LogP contribution in [0.3, 0.4) is 0 Å². The molecule has 0 aliphatic heterocycles. The van der Waals surface area contributed by atoms with Crippen molar-refractivity contribution in [2.45, 2.75) is 20.0 Å². The summed E-state index contributed by atoms with van der Waals surface area (Å²) in [5.74, 6) is -1.15. The molecule has 0 aliphatic rings. The first kappa shape index (κ1) is 20.3. The maximum absolute atomic E-state index is 12.6. The van der Waals surface area contributed by atoms with Crippen LogP contribution in [0.4, 0.5) is 11.4 Å². The van der Waals surface area contributed by atoms with Crippen LogP contribution >= 0.6 is 0 Å². The minimum absolute atomic E-state index is 0.00308. The quantitative estimate of drug-likeness (QED) is 0.374. The van der Waals surface area contributed by atoms with E-state index in [9.17, 15) is 25.0 Å². The number of aryl methyl sites for hydroxylation is 1. The highest BCUT2D eigenvalue weighted by Crippen LogP contribution is 2.26. The second kappa shape index (κ2) is 8.32. The second-order valence-electron chi connectivity index (χ2n) is 6.26. The smallest absolute Gasteiger partial charge is 0.343 e. The van der Waals surface area contributed by atoms with Gasteiger partial charge in [0, 0.05) is 30.2 Å². The minimum Gasteiger partial charge on any atom is -0.449 e. The predicted molar refractivity (Wildman–Crippen MR) is 104 cm³/mol. The highest BCUT2D eigenvalue weighted by atomic mass is 16.6. The first-order chi connectivity index (χ1) is 14.3. The van der Waals surface area contributed by atoms with E-state index in [-0.39, 0.29) is 28.5 Å². The number of hydrogen-bond donors (Lipinski definition) is 1. The molecule has 0 fully saturated rings. The van der Waals surface area contributed by atoms with Crippen LogP contribution in [0.25, 0.3) is 5.88 Å². The van der Waals surface area contributed by atoms with E-state index in [1.807, 2.05) is 6.07 Å². The number of anilines is 1. The number of hydrogen-bond acceptors (Lipinski definition) is 7. The average Bonchev–Trinajstić information content (AvgIpc) is 3.35. The fraction of sp³-hybridized carbons (Fsp3) is 0.150. The molecule has 3 aromatic rings. The molecule has 3 rings (SSSR count). The lowest BCUT2D eigenvalue weighted by Crippen LogP contribution is -2.30. The summed E-state index contributed by atoms with van der Waals surface area (Å²) in [6, 6.07) is 10.6. The van der Waals surface area contributed by atoms with Gasteiger partial charge in [-0.15, -0.1) is 0 Å². The lowest BCUT2D eigenvalue weighted by molar-refractivity contribution is -0.384. The van der Waals surface area contributed by atoms with E-state index in [0.717, 1.165) is 0 Å². The van der Waals surface area contributed by atoms with Gasteiger partial charge in [-0.1, -0.05) is 0 Å². The minimum atomic E-state index is -1.19. The van der Waals surface area contributed by atoms with Gasteiger partial charge in [-0.05, 0) is 38.1 Å². The Morgan fingerprint density at radius 2 is 1.90 bits per heavy atom. The van der Waals surface area contributed by atoms with E-state index in [2.05, 4.69) is 5.32 Å². The number of furan rings is 1. The van der Waals surface area contributed by atoms with E-state index in [4.69, 9.17) is 9.15 Å². The number of rotatable bonds is 6. The van der Waals surface area contributed by atoms with Crippen LogP contribution in [0.1, 0.15) is 28.6 Å². The number of esters is 1. The third-order valence-corrected chi connectivity index (χ3v) is 4.22. The fourth-order valence-electron chi connectivity index (χ4n) is 2.71. The molecule has 1 aromatic carbocycles. The number of nitriles is 1. The summed E-state index contributed by atoms with van der Waals surface area (Å²) < 4.78 is 12.3. The zero-order valence-electron chi connectivity index (χ0n) is 16.0. The van der Waals surface area contributed by atoms with Gasteiger partial charge in [0.2, 0.25) is 5.88 Å². The Morgan fingerprint density at radius 1 is 1.27 bits per heavy atom. The van der Waals surface area contributed by atoms with E-state index >= 15 is 0 Å². The second-order valence-corrected chi connectivity index (χ2v) is 6.26. The number of carbonyl (C=O) groups is 2. The third-order valence-electron chi connectivity index (χ3n) is 4.22. The molecule has 10 heteroatoms. The van der Waals surface area contributed by atoms with Crippen molar-refractivity contribution in [2.24, 2.45) is 0 Å². The standard InChI is InChI=1S/C20H16N4O6/c1-12-17(16(11-21)19(29-12)23-9-3-4-10-23)20(26)30-13(2)18(25)22-14-5-7-15(8-6-14)24(27)28/h3-10,13H,1-2H3,(H,22,25). The molecule has 1 atom stereocenters. The zero-order chi connectivity index (χ0) is 21.8. The lowest BCUT2D eigenvalue weighted by Gasteiger charge is -2.13. The zero-order valence-corrected chi connectivity index (χ0v) is 16.0. The number of non-ortho nitro benzene ring substituents is 1. The van der Waals surface area contributed by atoms with Gasteiger partial charge in [-0.25, -0.2) is 4.79 Å². The maximum atomic E-state index is 12.6. The van der Waals surface area contributed by atoms with E-state index in [1.54, 1.807) is 29.1 Å². The average molecular weight is 408 g/mol. The Morgan fingerprint density at radius 3 is 2.47 bits per heavy atom. The SMILES string of the molecule is Cc1oc(-n2cccc2)c(C#N)c1C(=O)OC(C)C(=O)Nc1ccc([N+](=O)[O-])cc1. The first-order valence-corrected chi connectivity index (χ1v) is 8.75. The van der Waals surface area contributed by atoms with Crippen LogP contribution in [0, 0.1) is 28.4 Å². The van der Waals surface area contributed by atoms with Crippen LogP contribution in [-0.2, 0) is 9.53 Å². The van der Waals surface area contributed by atoms with Crippen LogP contribution in [0.15, 0.2) is 53.2 Å². The van der Waals surface area contributed by atoms with Crippen molar-refractivity contribution in [3.63, 3.8) is 0 Å². The number of nitro benzene ring substituents is 1. The van der Waals surface area contributed by atoms with Gasteiger partial charge in [0.25, 0.3) is 11.6 Å². The molecule has 0 aliphatic carbocycles. The van der Waals surface area contributed by atoms with Gasteiger partial charge < -0.3 is 14.5 Å². The van der Waals surface area contributed by atoms with Gasteiger partial charge in [0.1, 0.15) is 23.0 Å². The molecular weight excluding hydrogens is 392 g/mol. The number of nitrogens with zero attached hydrogens (tertiary/aromatic N) is 3. The van der Waals surface area contributed by atoms with Crippen molar-refractivity contribution in [3.8, 4) is 12.0 Å². The number of benzene rings is 1. The number of carbonyl (C=O) groups excluding carboxylic acids is 2. The van der Waals surface area contributed by atoms with Crippen molar-refractivity contribution >= 4 is 23.3 Å². The van der Waals surface area contributed by atoms with Crippen LogP contribution < -0.4 is 5.32 Å². The van der Waals surface area contributed by atoms with Crippen LogP contribution in [-0.4, -0.2) is 27.5 Å².